The van der Waals surface area contributed by atoms with Gasteiger partial charge in [0.25, 0.3) is 0 Å². The smallest absolute Gasteiger partial charge is 0.792 e. The van der Waals surface area contributed by atoms with Crippen LogP contribution >= 0.6 is 0 Å². The number of hydrogen-bond acceptors (Lipinski definition) is 3. The molecule has 4 heteroatoms. The third-order valence-electron chi connectivity index (χ3n) is 2.33. The number of carbonyl (C=O) groups excluding carboxylic acids is 1. The second kappa shape index (κ2) is 12.4. The standard InChI is InChI=1S/C11H22O2S.Cu/c1-3-5-6-10(4-2)9-13-11(12)7-8-14;/h10,14H,3-9H2,1-2H3;/q;+1/p-1. The largest absolute Gasteiger partial charge is 1.00 e. The van der Waals surface area contributed by atoms with Gasteiger partial charge in [0, 0.05) is 6.42 Å². The zero-order valence-corrected chi connectivity index (χ0v) is 11.3. The van der Waals surface area contributed by atoms with Gasteiger partial charge in [-0.3, -0.25) is 4.79 Å². The van der Waals surface area contributed by atoms with E-state index < -0.39 is 0 Å². The van der Waals surface area contributed by atoms with Crippen molar-refractivity contribution in [1.29, 1.82) is 0 Å². The molecule has 2 nitrogen and oxygen atoms in total. The molecule has 0 aliphatic rings. The molecule has 0 bridgehead atoms. The van der Waals surface area contributed by atoms with E-state index in [2.05, 4.69) is 13.8 Å². The Balaban J connectivity index is 0. The monoisotopic (exact) mass is 280 g/mol. The Morgan fingerprint density at radius 2 is 2.07 bits per heavy atom. The first-order valence-electron chi connectivity index (χ1n) is 5.48. The quantitative estimate of drug-likeness (QED) is 0.388. The van der Waals surface area contributed by atoms with Crippen LogP contribution in [0.5, 0.6) is 0 Å². The van der Waals surface area contributed by atoms with E-state index >= 15 is 0 Å². The maximum absolute atomic E-state index is 11.0. The summed E-state index contributed by atoms with van der Waals surface area (Å²) in [5.74, 6) is 0.851. The van der Waals surface area contributed by atoms with Crippen molar-refractivity contribution in [3.05, 3.63) is 0 Å². The first-order valence-corrected chi connectivity index (χ1v) is 6.06. The summed E-state index contributed by atoms with van der Waals surface area (Å²) >= 11 is 4.71. The Hall–Kier alpha value is 0.339. The van der Waals surface area contributed by atoms with Gasteiger partial charge in [0.05, 0.1) is 6.61 Å². The molecule has 1 unspecified atom stereocenters. The summed E-state index contributed by atoms with van der Waals surface area (Å²) in [5.41, 5.74) is 0. The molecule has 15 heavy (non-hydrogen) atoms. The minimum Gasteiger partial charge on any atom is -0.792 e. The summed E-state index contributed by atoms with van der Waals surface area (Å²) < 4.78 is 5.13. The van der Waals surface area contributed by atoms with E-state index in [1.54, 1.807) is 0 Å². The third-order valence-corrected chi connectivity index (χ3v) is 2.53. The summed E-state index contributed by atoms with van der Waals surface area (Å²) in [4.78, 5) is 11.0. The van der Waals surface area contributed by atoms with Gasteiger partial charge in [-0.15, -0.1) is 0 Å². The maximum Gasteiger partial charge on any atom is 1.00 e. The summed E-state index contributed by atoms with van der Waals surface area (Å²) in [6.45, 7) is 4.89. The number of unbranched alkanes of at least 4 members (excludes halogenated alkanes) is 1. The van der Waals surface area contributed by atoms with Crippen molar-refractivity contribution in [2.45, 2.75) is 46.0 Å². The summed E-state index contributed by atoms with van der Waals surface area (Å²) in [6, 6.07) is 0. The van der Waals surface area contributed by atoms with Gasteiger partial charge >= 0.3 is 23.0 Å². The van der Waals surface area contributed by atoms with Crippen molar-refractivity contribution in [1.82, 2.24) is 0 Å². The van der Waals surface area contributed by atoms with E-state index in [1.165, 1.54) is 12.8 Å². The van der Waals surface area contributed by atoms with Crippen LogP contribution in [0.25, 0.3) is 0 Å². The second-order valence-corrected chi connectivity index (χ2v) is 3.96. The van der Waals surface area contributed by atoms with Crippen LogP contribution in [0.4, 0.5) is 0 Å². The zero-order valence-electron chi connectivity index (χ0n) is 9.55. The molecule has 0 aromatic heterocycles. The number of ether oxygens (including phenoxy) is 1. The fraction of sp³-hybridized carbons (Fsp3) is 0.909. The summed E-state index contributed by atoms with van der Waals surface area (Å²) in [6.07, 6.45) is 5.04. The molecule has 0 amide bonds. The average molecular weight is 281 g/mol. The molecule has 0 saturated carbocycles. The molecule has 0 N–H and O–H groups in total. The molecule has 0 aliphatic carbocycles. The molecule has 1 atom stereocenters. The number of rotatable bonds is 8. The van der Waals surface area contributed by atoms with Crippen LogP contribution in [-0.2, 0) is 39.2 Å². The van der Waals surface area contributed by atoms with E-state index in [4.69, 9.17) is 17.4 Å². The van der Waals surface area contributed by atoms with Crippen LogP contribution in [0.15, 0.2) is 0 Å². The van der Waals surface area contributed by atoms with Gasteiger partial charge in [-0.2, -0.15) is 5.75 Å². The summed E-state index contributed by atoms with van der Waals surface area (Å²) in [7, 11) is 0. The molecular formula is C11H21CuO2S. The molecule has 0 aromatic carbocycles. The van der Waals surface area contributed by atoms with Gasteiger partial charge in [0.1, 0.15) is 0 Å². The van der Waals surface area contributed by atoms with E-state index in [-0.39, 0.29) is 23.0 Å². The van der Waals surface area contributed by atoms with Crippen molar-refractivity contribution in [2.24, 2.45) is 5.92 Å². The van der Waals surface area contributed by atoms with E-state index in [0.717, 1.165) is 12.8 Å². The predicted molar refractivity (Wildman–Crippen MR) is 61.1 cm³/mol. The van der Waals surface area contributed by atoms with Crippen molar-refractivity contribution >= 4 is 18.6 Å². The van der Waals surface area contributed by atoms with Crippen molar-refractivity contribution in [3.63, 3.8) is 0 Å². The van der Waals surface area contributed by atoms with Crippen molar-refractivity contribution < 1.29 is 26.6 Å². The SMILES string of the molecule is CCCCC(CC)COC(=O)CC[S-].[Cu+]. The topological polar surface area (TPSA) is 26.3 Å². The minimum absolute atomic E-state index is 0. The normalized spacial score (nSPS) is 11.7. The predicted octanol–water partition coefficient (Wildman–Crippen LogP) is 2.68. The average Bonchev–Trinajstić information content (AvgIpc) is 2.19. The molecule has 0 fully saturated rings. The molecule has 94 valence electrons. The first kappa shape index (κ1) is 17.7. The van der Waals surface area contributed by atoms with Crippen molar-refractivity contribution in [3.8, 4) is 0 Å². The molecule has 0 heterocycles. The van der Waals surface area contributed by atoms with Crippen LogP contribution in [0.2, 0.25) is 0 Å². The number of carbonyl (C=O) groups is 1. The Labute approximate surface area is 109 Å². The maximum atomic E-state index is 11.0. The third kappa shape index (κ3) is 10.6. The summed E-state index contributed by atoms with van der Waals surface area (Å²) in [5, 5.41) is 0. The van der Waals surface area contributed by atoms with Crippen LogP contribution in [0.3, 0.4) is 0 Å². The fourth-order valence-electron chi connectivity index (χ4n) is 1.26. The molecule has 0 saturated heterocycles. The number of hydrogen-bond donors (Lipinski definition) is 0. The van der Waals surface area contributed by atoms with Gasteiger partial charge in [0.15, 0.2) is 0 Å². The van der Waals surface area contributed by atoms with Gasteiger partial charge in [0.2, 0.25) is 0 Å². The molecule has 0 aliphatic heterocycles. The van der Waals surface area contributed by atoms with Crippen molar-refractivity contribution in [2.75, 3.05) is 12.4 Å². The molecule has 0 rings (SSSR count). The molecule has 0 aromatic rings. The second-order valence-electron chi connectivity index (χ2n) is 3.55. The van der Waals surface area contributed by atoms with Crippen LogP contribution in [-0.4, -0.2) is 18.3 Å². The van der Waals surface area contributed by atoms with E-state index in [1.807, 2.05) is 0 Å². The van der Waals surface area contributed by atoms with E-state index in [0.29, 0.717) is 24.7 Å². The van der Waals surface area contributed by atoms with Gasteiger partial charge in [-0.25, -0.2) is 0 Å². The Morgan fingerprint density at radius 1 is 1.40 bits per heavy atom. The first-order chi connectivity index (χ1) is 6.74. The van der Waals surface area contributed by atoms with Gasteiger partial charge in [-0.05, 0) is 12.3 Å². The Kier molecular flexibility index (Phi) is 14.7. The van der Waals surface area contributed by atoms with Gasteiger partial charge in [-0.1, -0.05) is 33.1 Å². The Bertz CT molecular complexity index is 154. The molecule has 0 spiro atoms. The van der Waals surface area contributed by atoms with Crippen LogP contribution in [0, 0.1) is 5.92 Å². The Morgan fingerprint density at radius 3 is 2.53 bits per heavy atom. The number of esters is 1. The van der Waals surface area contributed by atoms with E-state index in [9.17, 15) is 4.79 Å². The van der Waals surface area contributed by atoms with Gasteiger partial charge < -0.3 is 17.4 Å². The van der Waals surface area contributed by atoms with Crippen LogP contribution in [0.1, 0.15) is 46.0 Å². The van der Waals surface area contributed by atoms with Crippen LogP contribution < -0.4 is 0 Å². The zero-order chi connectivity index (χ0) is 10.8. The molecular weight excluding hydrogens is 260 g/mol. The molecule has 0 radical (unpaired) electrons. The fourth-order valence-corrected chi connectivity index (χ4v) is 1.43. The minimum atomic E-state index is -0.144.